The van der Waals surface area contributed by atoms with Gasteiger partial charge in [0.1, 0.15) is 0 Å². The Labute approximate surface area is 372 Å². The van der Waals surface area contributed by atoms with Crippen molar-refractivity contribution in [2.45, 2.75) is 14.7 Å². The maximum atomic E-state index is 14.7. The first-order valence-corrected chi connectivity index (χ1v) is 24.9. The van der Waals surface area contributed by atoms with E-state index < -0.39 is 30.1 Å². The number of hydrogen-bond donors (Lipinski definition) is 0. The van der Waals surface area contributed by atoms with E-state index >= 15 is 0 Å². The van der Waals surface area contributed by atoms with Crippen LogP contribution in [0.15, 0.2) is 160 Å². The Morgan fingerprint density at radius 1 is 0.317 bits per heavy atom. The molecule has 0 saturated carbocycles. The third-order valence-corrected chi connectivity index (χ3v) is 16.9. The molecular formula is C48H54N6O6S3. The molecule has 330 valence electrons. The van der Waals surface area contributed by atoms with Crippen molar-refractivity contribution in [1.29, 1.82) is 0 Å². The molecule has 7 rings (SSSR count). The summed E-state index contributed by atoms with van der Waals surface area (Å²) in [4.78, 5) is 6.18. The van der Waals surface area contributed by atoms with Gasteiger partial charge in [-0.2, -0.15) is 12.9 Å². The standard InChI is InChI=1S/C48H54N6O6S3/c1-49(2)43-25-13-22-40-37(43)19-16-28-46(40)61(55,56)52-31-7-9-33-53(62(57,58)47-29-17-20-38-41(47)23-14-26-44(38)50(3)4)35-11-12-36-54(34-10-8-32-52)63(59,60)48-30-18-21-39-42(48)24-15-27-45(39)51(5)6/h7-30H,31-36H2,1-6H3/b9-7+,10-8+,12-11+. The zero-order chi connectivity index (χ0) is 45.1. The van der Waals surface area contributed by atoms with E-state index in [2.05, 4.69) is 0 Å². The molecule has 1 aliphatic heterocycles. The predicted molar refractivity (Wildman–Crippen MR) is 259 cm³/mol. The quantitative estimate of drug-likeness (QED) is 0.137. The van der Waals surface area contributed by atoms with Gasteiger partial charge in [0.15, 0.2) is 0 Å². The molecule has 0 aromatic heterocycles. The molecule has 12 nitrogen and oxygen atoms in total. The van der Waals surface area contributed by atoms with Crippen LogP contribution in [0.4, 0.5) is 17.1 Å². The molecule has 0 N–H and O–H groups in total. The normalized spacial score (nSPS) is 17.2. The summed E-state index contributed by atoms with van der Waals surface area (Å²) in [6.45, 7) is -0.459. The molecule has 6 aromatic rings. The lowest BCUT2D eigenvalue weighted by Crippen LogP contribution is -2.33. The third kappa shape index (κ3) is 9.12. The van der Waals surface area contributed by atoms with Crippen LogP contribution in [0.3, 0.4) is 0 Å². The fourth-order valence-electron chi connectivity index (χ4n) is 8.02. The van der Waals surface area contributed by atoms with E-state index in [1.807, 2.05) is 112 Å². The van der Waals surface area contributed by atoms with E-state index in [0.717, 1.165) is 33.2 Å². The van der Waals surface area contributed by atoms with E-state index in [9.17, 15) is 25.3 Å². The summed E-state index contributed by atoms with van der Waals surface area (Å²) in [6, 6.07) is 32.3. The first kappa shape index (κ1) is 45.5. The predicted octanol–water partition coefficient (Wildman–Crippen LogP) is 7.40. The van der Waals surface area contributed by atoms with Crippen LogP contribution >= 0.6 is 0 Å². The molecule has 0 aliphatic carbocycles. The molecule has 6 aromatic carbocycles. The topological polar surface area (TPSA) is 122 Å². The Morgan fingerprint density at radius 3 is 0.746 bits per heavy atom. The van der Waals surface area contributed by atoms with Crippen molar-refractivity contribution in [1.82, 2.24) is 12.9 Å². The number of benzene rings is 6. The summed E-state index contributed by atoms with van der Waals surface area (Å²) in [5.41, 5.74) is 2.60. The zero-order valence-electron chi connectivity index (χ0n) is 36.5. The summed E-state index contributed by atoms with van der Waals surface area (Å²) < 4.78 is 92.2. The van der Waals surface area contributed by atoms with Crippen molar-refractivity contribution in [2.75, 3.05) is 96.3 Å². The monoisotopic (exact) mass is 906 g/mol. The van der Waals surface area contributed by atoms with Crippen LogP contribution in [0.25, 0.3) is 32.3 Å². The highest BCUT2D eigenvalue weighted by molar-refractivity contribution is 7.90. The maximum Gasteiger partial charge on any atom is 0.244 e. The van der Waals surface area contributed by atoms with Crippen molar-refractivity contribution in [2.24, 2.45) is 0 Å². The second-order valence-electron chi connectivity index (χ2n) is 15.9. The summed E-state index contributed by atoms with van der Waals surface area (Å²) in [5, 5.41) is 4.02. The van der Waals surface area contributed by atoms with Crippen molar-refractivity contribution in [3.8, 4) is 0 Å². The van der Waals surface area contributed by atoms with Gasteiger partial charge in [0, 0.05) is 131 Å². The second-order valence-corrected chi connectivity index (χ2v) is 21.7. The van der Waals surface area contributed by atoms with Crippen molar-refractivity contribution in [3.63, 3.8) is 0 Å². The lowest BCUT2D eigenvalue weighted by molar-refractivity contribution is 0.466. The fraction of sp³-hybridized carbons (Fsp3) is 0.250. The summed E-state index contributed by atoms with van der Waals surface area (Å²) in [7, 11) is -1.05. The fourth-order valence-corrected chi connectivity index (χ4v) is 12.7. The first-order chi connectivity index (χ1) is 30.0. The van der Waals surface area contributed by atoms with E-state index in [0.29, 0.717) is 16.2 Å². The molecule has 0 bridgehead atoms. The highest BCUT2D eigenvalue weighted by atomic mass is 32.2. The van der Waals surface area contributed by atoms with Gasteiger partial charge in [-0.1, -0.05) is 109 Å². The van der Waals surface area contributed by atoms with Crippen LogP contribution in [-0.4, -0.2) is 120 Å². The number of sulfonamides is 3. The van der Waals surface area contributed by atoms with Crippen LogP contribution < -0.4 is 14.7 Å². The Bertz CT molecular complexity index is 2740. The molecule has 0 unspecified atom stereocenters. The van der Waals surface area contributed by atoms with E-state index in [4.69, 9.17) is 0 Å². The summed E-state index contributed by atoms with van der Waals surface area (Å²) in [5.74, 6) is 0. The average molecular weight is 907 g/mol. The molecule has 0 saturated heterocycles. The summed E-state index contributed by atoms with van der Waals surface area (Å²) in [6.07, 6.45) is 10.0. The van der Waals surface area contributed by atoms with Gasteiger partial charge in [0.25, 0.3) is 0 Å². The van der Waals surface area contributed by atoms with E-state index in [1.54, 1.807) is 91.1 Å². The Kier molecular flexibility index (Phi) is 13.5. The molecule has 0 fully saturated rings. The second kappa shape index (κ2) is 18.7. The number of anilines is 3. The van der Waals surface area contributed by atoms with E-state index in [-0.39, 0.29) is 54.0 Å². The number of hydrogen-bond acceptors (Lipinski definition) is 9. The van der Waals surface area contributed by atoms with Gasteiger partial charge in [-0.05, 0) is 36.4 Å². The Morgan fingerprint density at radius 2 is 0.524 bits per heavy atom. The smallest absolute Gasteiger partial charge is 0.244 e. The minimum absolute atomic E-state index is 0.0765. The molecule has 1 heterocycles. The third-order valence-electron chi connectivity index (χ3n) is 11.2. The van der Waals surface area contributed by atoms with Gasteiger partial charge in [0.05, 0.1) is 14.7 Å². The minimum Gasteiger partial charge on any atom is -0.377 e. The minimum atomic E-state index is -4.16. The SMILES string of the molecule is CN(C)c1cccc2c(S(=O)(=O)N3C/C=C/CN(S(=O)(=O)c4cccc5c(N(C)C)cccc45)C/C=C/CN(S(=O)(=O)c4cccc5c(N(C)C)cccc45)C/C=C/C3)cccc12. The van der Waals surface area contributed by atoms with Crippen molar-refractivity contribution >= 4 is 79.4 Å². The number of nitrogens with zero attached hydrogens (tertiary/aromatic N) is 6. The molecule has 15 heteroatoms. The summed E-state index contributed by atoms with van der Waals surface area (Å²) >= 11 is 0. The van der Waals surface area contributed by atoms with Gasteiger partial charge < -0.3 is 14.7 Å². The highest BCUT2D eigenvalue weighted by Crippen LogP contribution is 2.35. The van der Waals surface area contributed by atoms with Gasteiger partial charge in [-0.15, -0.1) is 0 Å². The Balaban J connectivity index is 1.31. The molecule has 1 aliphatic rings. The molecule has 0 atom stereocenters. The molecule has 0 amide bonds. The van der Waals surface area contributed by atoms with Gasteiger partial charge in [0.2, 0.25) is 30.1 Å². The molecule has 0 spiro atoms. The highest BCUT2D eigenvalue weighted by Gasteiger charge is 2.29. The van der Waals surface area contributed by atoms with Crippen LogP contribution in [0.2, 0.25) is 0 Å². The van der Waals surface area contributed by atoms with Crippen LogP contribution in [0.5, 0.6) is 0 Å². The van der Waals surface area contributed by atoms with Crippen LogP contribution in [0, 0.1) is 0 Å². The first-order valence-electron chi connectivity index (χ1n) is 20.6. The van der Waals surface area contributed by atoms with Gasteiger partial charge >= 0.3 is 0 Å². The van der Waals surface area contributed by atoms with Crippen LogP contribution in [-0.2, 0) is 30.1 Å². The number of fused-ring (bicyclic) bond motifs is 3. The molecule has 63 heavy (non-hydrogen) atoms. The average Bonchev–Trinajstić information content (AvgIpc) is 3.27. The van der Waals surface area contributed by atoms with Crippen molar-refractivity contribution < 1.29 is 25.3 Å². The lowest BCUT2D eigenvalue weighted by Gasteiger charge is -2.23. The van der Waals surface area contributed by atoms with Crippen molar-refractivity contribution in [3.05, 3.63) is 146 Å². The number of rotatable bonds is 9. The van der Waals surface area contributed by atoms with Gasteiger partial charge in [-0.25, -0.2) is 25.3 Å². The maximum absolute atomic E-state index is 14.7. The van der Waals surface area contributed by atoms with Crippen LogP contribution in [0.1, 0.15) is 0 Å². The molecular weight excluding hydrogens is 853 g/mol. The largest absolute Gasteiger partial charge is 0.377 e. The lowest BCUT2D eigenvalue weighted by atomic mass is 10.1. The Hall–Kier alpha value is -5.55. The zero-order valence-corrected chi connectivity index (χ0v) is 38.9. The molecule has 0 radical (unpaired) electrons. The van der Waals surface area contributed by atoms with E-state index in [1.165, 1.54) is 12.9 Å². The van der Waals surface area contributed by atoms with Gasteiger partial charge in [-0.3, -0.25) is 0 Å².